The Morgan fingerprint density at radius 2 is 2.19 bits per heavy atom. The molecule has 2 radical (unpaired) electrons. The third kappa shape index (κ3) is 2.58. The Bertz CT molecular complexity index is 244. The molecule has 1 rings (SSSR count). The van der Waals surface area contributed by atoms with Gasteiger partial charge in [0.2, 0.25) is 0 Å². The summed E-state index contributed by atoms with van der Waals surface area (Å²) in [5.41, 5.74) is 4.93. The second kappa shape index (κ2) is 5.68. The van der Waals surface area contributed by atoms with Crippen molar-refractivity contribution in [3.8, 4) is 0 Å². The minimum Gasteiger partial charge on any atom is -0.480 e. The molecule has 0 aliphatic heterocycles. The zero-order valence-electron chi connectivity index (χ0n) is 9.91. The van der Waals surface area contributed by atoms with Crippen molar-refractivity contribution in [2.24, 2.45) is 11.7 Å². The van der Waals surface area contributed by atoms with Crippen molar-refractivity contribution in [2.75, 3.05) is 7.05 Å². The maximum Gasteiger partial charge on any atom is 0.324 e. The van der Waals surface area contributed by atoms with Crippen molar-refractivity contribution in [2.45, 2.75) is 50.0 Å². The smallest absolute Gasteiger partial charge is 0.324 e. The van der Waals surface area contributed by atoms with E-state index in [9.17, 15) is 9.90 Å². The van der Waals surface area contributed by atoms with Crippen LogP contribution in [0.2, 0.25) is 6.32 Å². The van der Waals surface area contributed by atoms with Gasteiger partial charge < -0.3 is 16.2 Å². The number of hydrogen-bond acceptors (Lipinski definition) is 3. The average molecular weight is 224 g/mol. The molecule has 0 aromatic carbocycles. The summed E-state index contributed by atoms with van der Waals surface area (Å²) in [5, 5.41) is 12.4. The molecule has 4 nitrogen and oxygen atoms in total. The number of likely N-dealkylation sites (N-methyl/N-ethyl adjacent to an activating group) is 1. The van der Waals surface area contributed by atoms with Gasteiger partial charge in [0.05, 0.1) is 7.85 Å². The third-order valence-electron chi connectivity index (χ3n) is 3.72. The molecular formula is C11H21BN2O2. The van der Waals surface area contributed by atoms with Gasteiger partial charge >= 0.3 is 5.97 Å². The lowest BCUT2D eigenvalue weighted by molar-refractivity contribution is -0.149. The number of aliphatic carboxylic acids is 1. The minimum atomic E-state index is -0.801. The number of rotatable bonds is 7. The number of carboxylic acids is 1. The van der Waals surface area contributed by atoms with Crippen LogP contribution in [0.1, 0.15) is 32.1 Å². The van der Waals surface area contributed by atoms with Gasteiger partial charge in [-0.2, -0.15) is 0 Å². The fraction of sp³-hybridized carbons (Fsp3) is 0.909. The van der Waals surface area contributed by atoms with Crippen LogP contribution in [0, 0.1) is 5.92 Å². The highest BCUT2D eigenvalue weighted by atomic mass is 16.4. The molecule has 1 unspecified atom stereocenters. The van der Waals surface area contributed by atoms with Gasteiger partial charge in [-0.05, 0) is 32.2 Å². The van der Waals surface area contributed by atoms with Crippen LogP contribution < -0.4 is 11.1 Å². The Morgan fingerprint density at radius 1 is 1.56 bits per heavy atom. The lowest BCUT2D eigenvalue weighted by atomic mass is 9.66. The number of unbranched alkanes of at least 4 members (excludes halogenated alkanes) is 1. The molecule has 1 fully saturated rings. The Balaban J connectivity index is 2.63. The molecule has 0 heterocycles. The van der Waals surface area contributed by atoms with E-state index < -0.39 is 11.5 Å². The maximum absolute atomic E-state index is 11.5. The van der Waals surface area contributed by atoms with Crippen LogP contribution >= 0.6 is 0 Å². The van der Waals surface area contributed by atoms with Gasteiger partial charge in [0.1, 0.15) is 5.54 Å². The van der Waals surface area contributed by atoms with E-state index in [1.807, 2.05) is 0 Å². The summed E-state index contributed by atoms with van der Waals surface area (Å²) in [4.78, 5) is 11.5. The minimum absolute atomic E-state index is 0.155. The van der Waals surface area contributed by atoms with Crippen LogP contribution in [-0.4, -0.2) is 37.6 Å². The number of nitrogens with one attached hydrogen (secondary N) is 1. The summed E-state index contributed by atoms with van der Waals surface area (Å²) in [6, 6.07) is 0.173. The average Bonchev–Trinajstić information content (AvgIpc) is 2.21. The molecular weight excluding hydrogens is 203 g/mol. The lowest BCUT2D eigenvalue weighted by Gasteiger charge is -2.45. The van der Waals surface area contributed by atoms with E-state index in [0.717, 1.165) is 25.7 Å². The summed E-state index contributed by atoms with van der Waals surface area (Å²) >= 11 is 0. The van der Waals surface area contributed by atoms with Crippen LogP contribution in [0.5, 0.6) is 0 Å². The molecule has 90 valence electrons. The molecule has 0 aromatic rings. The fourth-order valence-corrected chi connectivity index (χ4v) is 2.53. The molecule has 4 N–H and O–H groups in total. The first-order valence-corrected chi connectivity index (χ1v) is 5.94. The van der Waals surface area contributed by atoms with Gasteiger partial charge in [-0.25, -0.2) is 0 Å². The Kier molecular flexibility index (Phi) is 4.80. The number of nitrogens with two attached hydrogens (primary N) is 1. The van der Waals surface area contributed by atoms with E-state index in [1.165, 1.54) is 0 Å². The number of carbonyl (C=O) groups is 1. The number of hydrogen-bond donors (Lipinski definition) is 3. The summed E-state index contributed by atoms with van der Waals surface area (Å²) in [6.07, 6.45) is 4.56. The van der Waals surface area contributed by atoms with E-state index >= 15 is 0 Å². The summed E-state index contributed by atoms with van der Waals surface area (Å²) in [6.45, 7) is 0. The van der Waals surface area contributed by atoms with Gasteiger partial charge in [-0.15, -0.1) is 0 Å². The highest BCUT2D eigenvalue weighted by molar-refractivity contribution is 6.08. The summed E-state index contributed by atoms with van der Waals surface area (Å²) in [7, 11) is 7.15. The fourth-order valence-electron chi connectivity index (χ4n) is 2.53. The van der Waals surface area contributed by atoms with E-state index in [2.05, 4.69) is 5.32 Å². The van der Waals surface area contributed by atoms with Gasteiger partial charge in [-0.1, -0.05) is 19.2 Å². The van der Waals surface area contributed by atoms with E-state index in [0.29, 0.717) is 12.7 Å². The molecule has 5 heteroatoms. The SMILES string of the molecule is [B]CCCCC(NC)(C(=O)O)C1CC(N)C1. The standard InChI is InChI=1S/C11H21BN2O2/c1-14-11(10(15)16,4-2-3-5-12)8-6-9(13)7-8/h8-9,14H,2-7,13H2,1H3,(H,15,16). The lowest BCUT2D eigenvalue weighted by Crippen LogP contribution is -2.61. The van der Waals surface area contributed by atoms with Crippen molar-refractivity contribution in [3.05, 3.63) is 0 Å². The second-order valence-electron chi connectivity index (χ2n) is 4.70. The van der Waals surface area contributed by atoms with Crippen molar-refractivity contribution in [1.29, 1.82) is 0 Å². The molecule has 0 amide bonds. The molecule has 1 aliphatic rings. The molecule has 0 spiro atoms. The molecule has 1 atom stereocenters. The summed E-state index contributed by atoms with van der Waals surface area (Å²) in [5.74, 6) is -0.605. The molecule has 0 bridgehead atoms. The van der Waals surface area contributed by atoms with Crippen molar-refractivity contribution >= 4 is 13.8 Å². The second-order valence-corrected chi connectivity index (χ2v) is 4.70. The first kappa shape index (κ1) is 13.5. The van der Waals surface area contributed by atoms with Crippen LogP contribution in [0.25, 0.3) is 0 Å². The monoisotopic (exact) mass is 224 g/mol. The summed E-state index contributed by atoms with van der Waals surface area (Å²) < 4.78 is 0. The van der Waals surface area contributed by atoms with Crippen LogP contribution in [0.3, 0.4) is 0 Å². The highest BCUT2D eigenvalue weighted by Crippen LogP contribution is 2.38. The molecule has 1 saturated carbocycles. The van der Waals surface area contributed by atoms with Gasteiger partial charge in [0, 0.05) is 6.04 Å². The van der Waals surface area contributed by atoms with Crippen molar-refractivity contribution < 1.29 is 9.90 Å². The maximum atomic E-state index is 11.5. The van der Waals surface area contributed by atoms with Crippen molar-refractivity contribution in [1.82, 2.24) is 5.32 Å². The van der Waals surface area contributed by atoms with E-state index in [-0.39, 0.29) is 12.0 Å². The Hall–Kier alpha value is -0.545. The van der Waals surface area contributed by atoms with E-state index in [1.54, 1.807) is 7.05 Å². The first-order chi connectivity index (χ1) is 7.56. The molecule has 0 aromatic heterocycles. The van der Waals surface area contributed by atoms with Gasteiger partial charge in [0.25, 0.3) is 0 Å². The van der Waals surface area contributed by atoms with Crippen LogP contribution in [0.4, 0.5) is 0 Å². The zero-order valence-corrected chi connectivity index (χ0v) is 9.91. The third-order valence-corrected chi connectivity index (χ3v) is 3.72. The Morgan fingerprint density at radius 3 is 2.56 bits per heavy atom. The first-order valence-electron chi connectivity index (χ1n) is 5.94. The normalized spacial score (nSPS) is 28.1. The van der Waals surface area contributed by atoms with E-state index in [4.69, 9.17) is 13.6 Å². The van der Waals surface area contributed by atoms with Crippen LogP contribution in [0.15, 0.2) is 0 Å². The Labute approximate surface area is 98.4 Å². The zero-order chi connectivity index (χ0) is 12.2. The highest BCUT2D eigenvalue weighted by Gasteiger charge is 2.48. The quantitative estimate of drug-likeness (QED) is 0.435. The van der Waals surface area contributed by atoms with Crippen LogP contribution in [-0.2, 0) is 4.79 Å². The van der Waals surface area contributed by atoms with Gasteiger partial charge in [0.15, 0.2) is 0 Å². The largest absolute Gasteiger partial charge is 0.480 e. The van der Waals surface area contributed by atoms with Gasteiger partial charge in [-0.3, -0.25) is 4.79 Å². The predicted molar refractivity (Wildman–Crippen MR) is 64.5 cm³/mol. The van der Waals surface area contributed by atoms with Crippen molar-refractivity contribution in [3.63, 3.8) is 0 Å². The molecule has 1 aliphatic carbocycles. The number of carboxylic acid groups (broad SMARTS) is 1. The predicted octanol–water partition coefficient (Wildman–Crippen LogP) is 0.524. The molecule has 0 saturated heterocycles. The topological polar surface area (TPSA) is 75.3 Å². The molecule has 16 heavy (non-hydrogen) atoms.